The lowest BCUT2D eigenvalue weighted by Gasteiger charge is -2.09. The van der Waals surface area contributed by atoms with E-state index in [1.165, 1.54) is 51.4 Å². The number of carbonyl (C=O) groups is 1. The lowest BCUT2D eigenvalue weighted by atomic mass is 10.1. The normalized spacial score (nSPS) is 10.1. The van der Waals surface area contributed by atoms with Crippen molar-refractivity contribution < 1.29 is 9.53 Å². The molecule has 4 heteroatoms. The molecule has 0 aromatic carbocycles. The molecule has 0 rings (SSSR count). The molecule has 0 radical (unpaired) electrons. The molecular formula is C18H36ClNO2. The van der Waals surface area contributed by atoms with Gasteiger partial charge in [-0.2, -0.15) is 0 Å². The zero-order valence-corrected chi connectivity index (χ0v) is 15.9. The molecule has 0 heterocycles. The Kier molecular flexibility index (Phi) is 20.0. The van der Waals surface area contributed by atoms with E-state index in [1.807, 2.05) is 19.0 Å². The maximum atomic E-state index is 10.8. The maximum Gasteiger partial charge on any atom is 0.333 e. The molecule has 0 unspecified atom stereocenters. The number of nitrogens with zero attached hydrogens (tertiary/aromatic N) is 1. The van der Waals surface area contributed by atoms with Crippen molar-refractivity contribution in [2.45, 2.75) is 65.2 Å². The molecule has 3 nitrogen and oxygen atoms in total. The minimum atomic E-state index is -0.313. The van der Waals surface area contributed by atoms with Gasteiger partial charge in [-0.25, -0.2) is 4.79 Å². The zero-order chi connectivity index (χ0) is 17.2. The van der Waals surface area contributed by atoms with E-state index >= 15 is 0 Å². The summed E-state index contributed by atoms with van der Waals surface area (Å²) in [6.07, 6.45) is 10.9. The highest BCUT2D eigenvalue weighted by Gasteiger charge is 2.01. The zero-order valence-electron chi connectivity index (χ0n) is 15.1. The number of hydrogen-bond acceptors (Lipinski definition) is 3. The first-order valence-corrected chi connectivity index (χ1v) is 9.02. The van der Waals surface area contributed by atoms with Gasteiger partial charge in [0.05, 0.1) is 0 Å². The lowest BCUT2D eigenvalue weighted by molar-refractivity contribution is -0.139. The van der Waals surface area contributed by atoms with Gasteiger partial charge in [0.15, 0.2) is 0 Å². The first kappa shape index (κ1) is 23.7. The number of halogens is 1. The molecule has 132 valence electrons. The van der Waals surface area contributed by atoms with Crippen LogP contribution in [0.25, 0.3) is 0 Å². The van der Waals surface area contributed by atoms with Crippen LogP contribution in [0.1, 0.15) is 65.2 Å². The number of ether oxygens (including phenoxy) is 1. The van der Waals surface area contributed by atoms with Crippen LogP contribution >= 0.6 is 11.6 Å². The smallest absolute Gasteiger partial charge is 0.333 e. The van der Waals surface area contributed by atoms with E-state index in [2.05, 4.69) is 13.5 Å². The van der Waals surface area contributed by atoms with Crippen molar-refractivity contribution in [2.24, 2.45) is 0 Å². The Labute approximate surface area is 143 Å². The van der Waals surface area contributed by atoms with Crippen molar-refractivity contribution in [1.82, 2.24) is 4.90 Å². The summed E-state index contributed by atoms with van der Waals surface area (Å²) in [6, 6.07) is 0. The molecule has 0 aromatic heterocycles. The Bertz CT molecular complexity index is 260. The van der Waals surface area contributed by atoms with Gasteiger partial charge < -0.3 is 9.64 Å². The van der Waals surface area contributed by atoms with E-state index < -0.39 is 0 Å². The largest absolute Gasteiger partial charge is 0.461 e. The number of unbranched alkanes of at least 4 members (excludes halogenated alkanes) is 7. The minimum Gasteiger partial charge on any atom is -0.461 e. The summed E-state index contributed by atoms with van der Waals surface area (Å²) >= 11 is 5.56. The number of hydrogen-bond donors (Lipinski definition) is 0. The summed E-state index contributed by atoms with van der Waals surface area (Å²) in [4.78, 5) is 12.7. The Morgan fingerprint density at radius 2 is 1.55 bits per heavy atom. The molecule has 0 atom stereocenters. The molecule has 22 heavy (non-hydrogen) atoms. The molecule has 0 aromatic rings. The number of esters is 1. The van der Waals surface area contributed by atoms with Crippen LogP contribution in [0.15, 0.2) is 12.2 Å². The Morgan fingerprint density at radius 1 is 1.05 bits per heavy atom. The highest BCUT2D eigenvalue weighted by Crippen LogP contribution is 2.08. The molecule has 0 aliphatic heterocycles. The molecule has 0 spiro atoms. The molecule has 0 N–H and O–H groups in total. The summed E-state index contributed by atoms with van der Waals surface area (Å²) in [5.74, 6) is 0.529. The van der Waals surface area contributed by atoms with E-state index in [0.29, 0.717) is 12.2 Å². The van der Waals surface area contributed by atoms with E-state index in [1.54, 1.807) is 6.92 Å². The van der Waals surface area contributed by atoms with E-state index in [0.717, 1.165) is 12.4 Å². The van der Waals surface area contributed by atoms with Crippen LogP contribution < -0.4 is 0 Å². The molecule has 0 fully saturated rings. The second-order valence-corrected chi connectivity index (χ2v) is 6.26. The quantitative estimate of drug-likeness (QED) is 0.217. The van der Waals surface area contributed by atoms with Crippen LogP contribution in [0.4, 0.5) is 0 Å². The number of carbonyl (C=O) groups excluding carboxylic acids is 1. The predicted molar refractivity (Wildman–Crippen MR) is 97.7 cm³/mol. The summed E-state index contributed by atoms with van der Waals surface area (Å²) in [7, 11) is 3.85. The van der Waals surface area contributed by atoms with Gasteiger partial charge in [-0.3, -0.25) is 0 Å². The predicted octanol–water partition coefficient (Wildman–Crippen LogP) is 5.03. The lowest BCUT2D eigenvalue weighted by Crippen LogP contribution is -2.20. The molecule has 0 saturated heterocycles. The van der Waals surface area contributed by atoms with Crippen LogP contribution in [0.5, 0.6) is 0 Å². The standard InChI is InChI=1S/C10H21Cl.C8H15NO2/c1-2-3-4-5-6-7-8-9-10-11;1-7(2)8(10)11-6-5-9(3)4/h2-10H2,1H3;1,5-6H2,2-4H3. The van der Waals surface area contributed by atoms with Crippen molar-refractivity contribution in [2.75, 3.05) is 33.1 Å². The van der Waals surface area contributed by atoms with Crippen LogP contribution in [-0.2, 0) is 9.53 Å². The van der Waals surface area contributed by atoms with Crippen LogP contribution in [0.2, 0.25) is 0 Å². The SMILES string of the molecule is C=C(C)C(=O)OCCN(C)C.CCCCCCCCCCCl. The van der Waals surface area contributed by atoms with Crippen molar-refractivity contribution in [3.05, 3.63) is 12.2 Å². The van der Waals surface area contributed by atoms with Crippen LogP contribution in [-0.4, -0.2) is 44.0 Å². The first-order chi connectivity index (χ1) is 10.5. The molecular weight excluding hydrogens is 298 g/mol. The Balaban J connectivity index is 0. The Hall–Kier alpha value is -0.540. The average molecular weight is 334 g/mol. The highest BCUT2D eigenvalue weighted by molar-refractivity contribution is 6.17. The second kappa shape index (κ2) is 18.5. The highest BCUT2D eigenvalue weighted by atomic mass is 35.5. The van der Waals surface area contributed by atoms with Gasteiger partial charge in [-0.15, -0.1) is 11.6 Å². The summed E-state index contributed by atoms with van der Waals surface area (Å²) in [5, 5.41) is 0. The third-order valence-corrected chi connectivity index (χ3v) is 3.37. The van der Waals surface area contributed by atoms with Gasteiger partial charge >= 0.3 is 5.97 Å². The molecule has 0 saturated carbocycles. The Morgan fingerprint density at radius 3 is 1.95 bits per heavy atom. The molecule has 0 amide bonds. The van der Waals surface area contributed by atoms with Crippen molar-refractivity contribution in [1.29, 1.82) is 0 Å². The monoisotopic (exact) mass is 333 g/mol. The number of likely N-dealkylation sites (N-methyl/N-ethyl adjacent to an activating group) is 1. The fourth-order valence-electron chi connectivity index (χ4n) is 1.67. The summed E-state index contributed by atoms with van der Waals surface area (Å²) < 4.78 is 4.83. The second-order valence-electron chi connectivity index (χ2n) is 5.88. The molecule has 0 aliphatic rings. The van der Waals surface area contributed by atoms with E-state index in [4.69, 9.17) is 16.3 Å². The van der Waals surface area contributed by atoms with Gasteiger partial charge in [0, 0.05) is 18.0 Å². The maximum absolute atomic E-state index is 10.8. The number of alkyl halides is 1. The third kappa shape index (κ3) is 21.8. The van der Waals surface area contributed by atoms with Gasteiger partial charge in [0.25, 0.3) is 0 Å². The average Bonchev–Trinajstić information content (AvgIpc) is 2.46. The fourth-order valence-corrected chi connectivity index (χ4v) is 1.86. The first-order valence-electron chi connectivity index (χ1n) is 8.49. The summed E-state index contributed by atoms with van der Waals surface area (Å²) in [6.45, 7) is 8.54. The van der Waals surface area contributed by atoms with Gasteiger partial charge in [-0.05, 0) is 27.4 Å². The van der Waals surface area contributed by atoms with Crippen molar-refractivity contribution >= 4 is 17.6 Å². The van der Waals surface area contributed by atoms with Crippen LogP contribution in [0.3, 0.4) is 0 Å². The van der Waals surface area contributed by atoms with Gasteiger partial charge in [-0.1, -0.05) is 58.4 Å². The van der Waals surface area contributed by atoms with Gasteiger partial charge in [0.2, 0.25) is 0 Å². The fraction of sp³-hybridized carbons (Fsp3) is 0.833. The van der Waals surface area contributed by atoms with Crippen molar-refractivity contribution in [3.63, 3.8) is 0 Å². The van der Waals surface area contributed by atoms with E-state index in [-0.39, 0.29) is 5.97 Å². The van der Waals surface area contributed by atoms with Crippen LogP contribution in [0, 0.1) is 0 Å². The minimum absolute atomic E-state index is 0.313. The molecule has 0 aliphatic carbocycles. The van der Waals surface area contributed by atoms with E-state index in [9.17, 15) is 4.79 Å². The third-order valence-electron chi connectivity index (χ3n) is 3.11. The van der Waals surface area contributed by atoms with Crippen molar-refractivity contribution in [3.8, 4) is 0 Å². The summed E-state index contributed by atoms with van der Waals surface area (Å²) in [5.41, 5.74) is 0.448. The topological polar surface area (TPSA) is 29.5 Å². The van der Waals surface area contributed by atoms with Gasteiger partial charge in [0.1, 0.15) is 6.61 Å². The molecule has 0 bridgehead atoms. The number of rotatable bonds is 12.